The van der Waals surface area contributed by atoms with Crippen LogP contribution in [-0.4, -0.2) is 47.8 Å². The van der Waals surface area contributed by atoms with Gasteiger partial charge in [-0.1, -0.05) is 56.7 Å². The van der Waals surface area contributed by atoms with Crippen molar-refractivity contribution in [1.29, 1.82) is 0 Å². The molecule has 0 aromatic heterocycles. The summed E-state index contributed by atoms with van der Waals surface area (Å²) in [4.78, 5) is 4.70. The molecule has 148 valence electrons. The first-order valence-electron chi connectivity index (χ1n) is 10.1. The third-order valence-electron chi connectivity index (χ3n) is 4.35. The molecule has 0 bridgehead atoms. The van der Waals surface area contributed by atoms with Crippen LogP contribution in [0.2, 0.25) is 0 Å². The summed E-state index contributed by atoms with van der Waals surface area (Å²) in [5.74, 6) is 1.84. The van der Waals surface area contributed by atoms with Crippen LogP contribution in [0.1, 0.15) is 53.4 Å². The van der Waals surface area contributed by atoms with E-state index in [1.165, 1.54) is 31.4 Å². The molecule has 1 aromatic rings. The van der Waals surface area contributed by atoms with E-state index in [9.17, 15) is 0 Å². The topological polar surface area (TPSA) is 15.7 Å². The van der Waals surface area contributed by atoms with Gasteiger partial charge in [0.15, 0.2) is 0 Å². The fourth-order valence-electron chi connectivity index (χ4n) is 2.70. The van der Waals surface area contributed by atoms with E-state index in [-0.39, 0.29) is 0 Å². The Morgan fingerprint density at radius 2 is 1.69 bits per heavy atom. The molecule has 0 radical (unpaired) electrons. The lowest BCUT2D eigenvalue weighted by Gasteiger charge is -2.25. The van der Waals surface area contributed by atoms with E-state index in [2.05, 4.69) is 61.8 Å². The van der Waals surface area contributed by atoms with Crippen molar-refractivity contribution in [2.45, 2.75) is 53.4 Å². The molecule has 0 spiro atoms. The van der Waals surface area contributed by atoms with Crippen molar-refractivity contribution in [3.63, 3.8) is 0 Å². The number of hydrogen-bond acceptors (Lipinski definition) is 4. The highest BCUT2D eigenvalue weighted by Crippen LogP contribution is 2.22. The minimum absolute atomic E-state index is 0.680. The second-order valence-corrected chi connectivity index (χ2v) is 8.06. The molecule has 0 unspecified atom stereocenters. The van der Waals surface area contributed by atoms with Gasteiger partial charge >= 0.3 is 0 Å². The van der Waals surface area contributed by atoms with Crippen LogP contribution < -0.4 is 9.64 Å². The predicted octanol–water partition coefficient (Wildman–Crippen LogP) is 5.83. The first-order valence-corrected chi connectivity index (χ1v) is 11.4. The number of unbranched alkanes of at least 4 members (excludes halogenated alkanes) is 2. The van der Waals surface area contributed by atoms with Gasteiger partial charge in [-0.25, -0.2) is 0 Å². The normalized spacial score (nSPS) is 10.6. The number of thioether (sulfide) groups is 1. The van der Waals surface area contributed by atoms with Crippen molar-refractivity contribution >= 4 is 34.0 Å². The monoisotopic (exact) mass is 396 g/mol. The van der Waals surface area contributed by atoms with Crippen LogP contribution >= 0.6 is 24.0 Å². The highest BCUT2D eigenvalue weighted by molar-refractivity contribution is 8.22. The van der Waals surface area contributed by atoms with E-state index in [4.69, 9.17) is 17.0 Å². The first kappa shape index (κ1) is 23.1. The molecule has 26 heavy (non-hydrogen) atoms. The molecule has 0 aliphatic rings. The lowest BCUT2D eigenvalue weighted by atomic mass is 10.2. The molecule has 1 rings (SSSR count). The molecule has 0 N–H and O–H groups in total. The van der Waals surface area contributed by atoms with E-state index in [1.54, 1.807) is 11.8 Å². The van der Waals surface area contributed by atoms with Crippen molar-refractivity contribution in [1.82, 2.24) is 4.90 Å². The average Bonchev–Trinajstić information content (AvgIpc) is 2.66. The maximum absolute atomic E-state index is 5.98. The summed E-state index contributed by atoms with van der Waals surface area (Å²) in [5, 5.41) is 0. The molecule has 0 aliphatic carbocycles. The van der Waals surface area contributed by atoms with Crippen LogP contribution in [0.4, 0.5) is 5.69 Å². The maximum atomic E-state index is 5.98. The Morgan fingerprint density at radius 3 is 2.27 bits per heavy atom. The van der Waals surface area contributed by atoms with Crippen molar-refractivity contribution < 1.29 is 4.74 Å². The Bertz CT molecular complexity index is 499. The SMILES string of the molecule is CCCCN(CCCC)c1cccc(OCCSC(=S)N(CC)CC)c1. The molecule has 3 nitrogen and oxygen atoms in total. The fourth-order valence-corrected chi connectivity index (χ4v) is 3.99. The minimum atomic E-state index is 0.680. The predicted molar refractivity (Wildman–Crippen MR) is 122 cm³/mol. The Balaban J connectivity index is 2.52. The molecule has 0 fully saturated rings. The van der Waals surface area contributed by atoms with Crippen LogP contribution in [0.3, 0.4) is 0 Å². The molecular weight excluding hydrogens is 360 g/mol. The molecule has 0 amide bonds. The third kappa shape index (κ3) is 8.63. The zero-order valence-corrected chi connectivity index (χ0v) is 18.6. The third-order valence-corrected chi connectivity index (χ3v) is 5.83. The summed E-state index contributed by atoms with van der Waals surface area (Å²) in [6, 6.07) is 8.53. The van der Waals surface area contributed by atoms with Crippen LogP contribution in [0, 0.1) is 0 Å². The molecule has 0 atom stereocenters. The van der Waals surface area contributed by atoms with Gasteiger partial charge in [0.1, 0.15) is 10.1 Å². The van der Waals surface area contributed by atoms with E-state index < -0.39 is 0 Å². The Kier molecular flexibility index (Phi) is 12.6. The number of thiocarbonyl (C=S) groups is 1. The van der Waals surface area contributed by atoms with E-state index in [0.717, 1.165) is 42.0 Å². The molecule has 0 heterocycles. The van der Waals surface area contributed by atoms with Crippen molar-refractivity contribution in [2.75, 3.05) is 43.4 Å². The van der Waals surface area contributed by atoms with Gasteiger partial charge in [-0.15, -0.1) is 0 Å². The Labute approximate surface area is 170 Å². The largest absolute Gasteiger partial charge is 0.493 e. The van der Waals surface area contributed by atoms with Crippen LogP contribution in [-0.2, 0) is 0 Å². The van der Waals surface area contributed by atoms with Gasteiger partial charge in [0.25, 0.3) is 0 Å². The lowest BCUT2D eigenvalue weighted by Crippen LogP contribution is -2.27. The second kappa shape index (κ2) is 14.2. The maximum Gasteiger partial charge on any atom is 0.136 e. The highest BCUT2D eigenvalue weighted by Gasteiger charge is 2.08. The van der Waals surface area contributed by atoms with Gasteiger partial charge in [0.05, 0.1) is 6.61 Å². The lowest BCUT2D eigenvalue weighted by molar-refractivity contribution is 0.344. The Hall–Kier alpha value is -0.940. The number of nitrogens with zero attached hydrogens (tertiary/aromatic N) is 2. The van der Waals surface area contributed by atoms with Gasteiger partial charge in [-0.05, 0) is 38.8 Å². The number of benzene rings is 1. The van der Waals surface area contributed by atoms with Gasteiger partial charge in [0, 0.05) is 43.7 Å². The summed E-state index contributed by atoms with van der Waals surface area (Å²) in [6.45, 7) is 13.6. The number of rotatable bonds is 13. The molecule has 1 aromatic carbocycles. The van der Waals surface area contributed by atoms with E-state index in [1.807, 2.05) is 0 Å². The van der Waals surface area contributed by atoms with Crippen LogP contribution in [0.5, 0.6) is 5.75 Å². The minimum Gasteiger partial charge on any atom is -0.493 e. The quantitative estimate of drug-likeness (QED) is 0.307. The molecule has 5 heteroatoms. The van der Waals surface area contributed by atoms with E-state index >= 15 is 0 Å². The molecule has 0 aliphatic heterocycles. The summed E-state index contributed by atoms with van der Waals surface area (Å²) in [6.07, 6.45) is 4.91. The summed E-state index contributed by atoms with van der Waals surface area (Å²) in [7, 11) is 0. The van der Waals surface area contributed by atoms with E-state index in [0.29, 0.717) is 6.61 Å². The van der Waals surface area contributed by atoms with Gasteiger partial charge in [-0.3, -0.25) is 0 Å². The number of anilines is 1. The van der Waals surface area contributed by atoms with Crippen LogP contribution in [0.15, 0.2) is 24.3 Å². The smallest absolute Gasteiger partial charge is 0.136 e. The molecule has 0 saturated heterocycles. The van der Waals surface area contributed by atoms with Crippen LogP contribution in [0.25, 0.3) is 0 Å². The van der Waals surface area contributed by atoms with Gasteiger partial charge < -0.3 is 14.5 Å². The zero-order valence-electron chi connectivity index (χ0n) is 17.0. The summed E-state index contributed by atoms with van der Waals surface area (Å²) >= 11 is 7.17. The van der Waals surface area contributed by atoms with Crippen molar-refractivity contribution in [3.8, 4) is 5.75 Å². The first-order chi connectivity index (χ1) is 12.7. The number of ether oxygens (including phenoxy) is 1. The summed E-state index contributed by atoms with van der Waals surface area (Å²) in [5.41, 5.74) is 1.27. The summed E-state index contributed by atoms with van der Waals surface area (Å²) < 4.78 is 6.95. The standard InChI is InChI=1S/C21H36N2OS2/c1-5-9-14-23(15-10-6-2)19-12-11-13-20(18-19)24-16-17-26-21(25)22(7-3)8-4/h11-13,18H,5-10,14-17H2,1-4H3. The molecule has 0 saturated carbocycles. The highest BCUT2D eigenvalue weighted by atomic mass is 32.2. The zero-order chi connectivity index (χ0) is 19.2. The van der Waals surface area contributed by atoms with Gasteiger partial charge in [0.2, 0.25) is 0 Å². The number of hydrogen-bond donors (Lipinski definition) is 0. The average molecular weight is 397 g/mol. The Morgan fingerprint density at radius 1 is 1.04 bits per heavy atom. The second-order valence-electron chi connectivity index (χ2n) is 6.33. The van der Waals surface area contributed by atoms with Gasteiger partial charge in [-0.2, -0.15) is 0 Å². The van der Waals surface area contributed by atoms with Crippen molar-refractivity contribution in [2.24, 2.45) is 0 Å². The molecular formula is C21H36N2OS2. The fraction of sp³-hybridized carbons (Fsp3) is 0.667. The van der Waals surface area contributed by atoms with Crippen molar-refractivity contribution in [3.05, 3.63) is 24.3 Å².